The Balaban J connectivity index is 1.60. The van der Waals surface area contributed by atoms with Gasteiger partial charge in [-0.2, -0.15) is 0 Å². The molecule has 0 saturated carbocycles. The Morgan fingerprint density at radius 1 is 0.632 bits per heavy atom. The Kier molecular flexibility index (Phi) is 14.9. The van der Waals surface area contributed by atoms with E-state index in [-0.39, 0.29) is 25.7 Å². The third-order valence-electron chi connectivity index (χ3n) is 9.25. The second kappa shape index (κ2) is 19.7. The number of fused-ring (bicyclic) bond motifs is 2. The van der Waals surface area contributed by atoms with Crippen LogP contribution in [0, 0.1) is 5.92 Å². The molecule has 304 valence electrons. The molecule has 7 amide bonds. The van der Waals surface area contributed by atoms with Crippen molar-refractivity contribution in [3.63, 3.8) is 0 Å². The van der Waals surface area contributed by atoms with Gasteiger partial charge in [0.2, 0.25) is 41.4 Å². The first-order valence-corrected chi connectivity index (χ1v) is 18.2. The zero-order valence-corrected chi connectivity index (χ0v) is 31.4. The Morgan fingerprint density at radius 3 is 1.60 bits per heavy atom. The number of carbonyl (C=O) groups is 8. The van der Waals surface area contributed by atoms with Gasteiger partial charge in [0.05, 0.1) is 13.0 Å². The molecule has 14 N–H and O–H groups in total. The second-order valence-electron chi connectivity index (χ2n) is 13.9. The highest BCUT2D eigenvalue weighted by molar-refractivity contribution is 5.98. The number of aliphatic carboxylic acids is 1. The topological polar surface area (TPSA) is 327 Å². The van der Waals surface area contributed by atoms with E-state index in [4.69, 9.17) is 17.2 Å². The van der Waals surface area contributed by atoms with Gasteiger partial charge in [-0.3, -0.25) is 33.6 Å². The van der Waals surface area contributed by atoms with E-state index in [1.807, 2.05) is 24.3 Å². The number of nitrogens with two attached hydrogens (primary N) is 3. The number of carboxylic acids is 1. The average molecular weight is 789 g/mol. The van der Waals surface area contributed by atoms with Crippen molar-refractivity contribution in [3.8, 4) is 0 Å². The molecular formula is C38H48N10O9. The summed E-state index contributed by atoms with van der Waals surface area (Å²) in [5.41, 5.74) is 18.9. The van der Waals surface area contributed by atoms with Gasteiger partial charge in [-0.25, -0.2) is 4.79 Å². The molecule has 19 nitrogen and oxygen atoms in total. The molecule has 0 fully saturated rings. The zero-order chi connectivity index (χ0) is 41.8. The maximum Gasteiger partial charge on any atom is 0.326 e. The highest BCUT2D eigenvalue weighted by Crippen LogP contribution is 2.21. The van der Waals surface area contributed by atoms with Crippen LogP contribution in [0.4, 0.5) is 0 Å². The number of carboxylic acid groups (broad SMARTS) is 1. The fourth-order valence-electron chi connectivity index (χ4n) is 6.26. The number of H-pyrrole nitrogens is 2. The standard InChI is InChI=1S/C38H48N10O9/c1-19(2)33(48-36(54)27(44-32(51)16-39)13-20-17-42-24-9-5-3-7-22(20)24)37(55)47-28(14-21-18-43-25-10-6-4-8-23(21)25)34(52)46-29(15-31(41)50)35(53)45-26(38(56)57)11-12-30(40)49/h3-10,17-19,26-29,33,42-43H,11-16,39H2,1-2H3,(H2,40,49)(H2,41,50)(H,44,51)(H,45,53)(H,46,52)(H,47,55)(H,48,54)(H,56,57)/t26-,27-,28-,29-,33-/m0/s1. The molecule has 2 aromatic carbocycles. The number of hydrogen-bond donors (Lipinski definition) is 11. The highest BCUT2D eigenvalue weighted by atomic mass is 16.4. The number of aromatic nitrogens is 2. The van der Waals surface area contributed by atoms with E-state index in [1.54, 1.807) is 50.5 Å². The molecule has 0 aliphatic rings. The summed E-state index contributed by atoms with van der Waals surface area (Å²) < 4.78 is 0. The van der Waals surface area contributed by atoms with E-state index < -0.39 is 96.4 Å². The van der Waals surface area contributed by atoms with Crippen molar-refractivity contribution in [2.45, 2.75) is 76.2 Å². The minimum atomic E-state index is -1.69. The molecule has 0 radical (unpaired) electrons. The van der Waals surface area contributed by atoms with Crippen molar-refractivity contribution in [2.75, 3.05) is 6.54 Å². The fourth-order valence-corrected chi connectivity index (χ4v) is 6.26. The van der Waals surface area contributed by atoms with Gasteiger partial charge >= 0.3 is 5.97 Å². The molecule has 57 heavy (non-hydrogen) atoms. The number of hydrogen-bond acceptors (Lipinski definition) is 9. The number of rotatable bonds is 21. The van der Waals surface area contributed by atoms with Crippen LogP contribution in [-0.2, 0) is 51.2 Å². The number of para-hydroxylation sites is 2. The van der Waals surface area contributed by atoms with Gasteiger partial charge in [-0.05, 0) is 35.6 Å². The van der Waals surface area contributed by atoms with Crippen LogP contribution >= 0.6 is 0 Å². The lowest BCUT2D eigenvalue weighted by Crippen LogP contribution is -2.60. The molecule has 0 saturated heterocycles. The molecule has 4 rings (SSSR count). The van der Waals surface area contributed by atoms with E-state index in [0.717, 1.165) is 27.4 Å². The van der Waals surface area contributed by atoms with Crippen LogP contribution in [0.1, 0.15) is 44.2 Å². The van der Waals surface area contributed by atoms with Crippen LogP contribution in [0.3, 0.4) is 0 Å². The Labute approximate surface area is 326 Å². The minimum Gasteiger partial charge on any atom is -0.480 e. The lowest BCUT2D eigenvalue weighted by molar-refractivity contribution is -0.142. The molecule has 0 aliphatic heterocycles. The molecule has 19 heteroatoms. The molecule has 2 aromatic heterocycles. The summed E-state index contributed by atoms with van der Waals surface area (Å²) in [6.07, 6.45) is 1.77. The largest absolute Gasteiger partial charge is 0.480 e. The van der Waals surface area contributed by atoms with Gasteiger partial charge < -0.3 is 58.9 Å². The van der Waals surface area contributed by atoms with Crippen LogP contribution in [0.5, 0.6) is 0 Å². The van der Waals surface area contributed by atoms with Crippen molar-refractivity contribution >= 4 is 69.1 Å². The smallest absolute Gasteiger partial charge is 0.326 e. The van der Waals surface area contributed by atoms with Gasteiger partial charge in [0, 0.05) is 53.5 Å². The first-order chi connectivity index (χ1) is 27.1. The number of carbonyl (C=O) groups excluding carboxylic acids is 7. The van der Waals surface area contributed by atoms with Gasteiger partial charge in [0.25, 0.3) is 0 Å². The van der Waals surface area contributed by atoms with Crippen molar-refractivity contribution in [3.05, 3.63) is 72.1 Å². The van der Waals surface area contributed by atoms with Crippen LogP contribution in [0.25, 0.3) is 21.8 Å². The first kappa shape index (κ1) is 43.0. The Bertz CT molecular complexity index is 2130. The predicted molar refractivity (Wildman–Crippen MR) is 207 cm³/mol. The first-order valence-electron chi connectivity index (χ1n) is 18.2. The van der Waals surface area contributed by atoms with E-state index in [0.29, 0.717) is 5.56 Å². The van der Waals surface area contributed by atoms with Crippen LogP contribution < -0.4 is 43.8 Å². The lowest BCUT2D eigenvalue weighted by Gasteiger charge is -2.28. The number of aromatic amines is 2. The summed E-state index contributed by atoms with van der Waals surface area (Å²) in [5, 5.41) is 23.7. The van der Waals surface area contributed by atoms with Gasteiger partial charge in [-0.15, -0.1) is 0 Å². The summed E-state index contributed by atoms with van der Waals surface area (Å²) in [7, 11) is 0. The van der Waals surface area contributed by atoms with Gasteiger partial charge in [-0.1, -0.05) is 50.2 Å². The molecule has 4 aromatic rings. The van der Waals surface area contributed by atoms with E-state index in [2.05, 4.69) is 36.6 Å². The van der Waals surface area contributed by atoms with Gasteiger partial charge in [0.15, 0.2) is 0 Å². The van der Waals surface area contributed by atoms with Crippen LogP contribution in [-0.4, -0.2) is 99.1 Å². The fraction of sp³-hybridized carbons (Fsp3) is 0.368. The molecule has 0 spiro atoms. The molecule has 2 heterocycles. The summed E-state index contributed by atoms with van der Waals surface area (Å²) in [5.74, 6) is -7.99. The van der Waals surface area contributed by atoms with Crippen LogP contribution in [0.2, 0.25) is 0 Å². The van der Waals surface area contributed by atoms with E-state index in [9.17, 15) is 43.5 Å². The highest BCUT2D eigenvalue weighted by Gasteiger charge is 2.35. The van der Waals surface area contributed by atoms with E-state index >= 15 is 0 Å². The molecule has 0 unspecified atom stereocenters. The number of benzene rings is 2. The summed E-state index contributed by atoms with van der Waals surface area (Å²) >= 11 is 0. The predicted octanol–water partition coefficient (Wildman–Crippen LogP) is -1.30. The minimum absolute atomic E-state index is 0.0498. The number of nitrogens with one attached hydrogen (secondary N) is 7. The molecule has 5 atom stereocenters. The van der Waals surface area contributed by atoms with Crippen molar-refractivity contribution < 1.29 is 43.5 Å². The number of primary amides is 2. The normalized spacial score (nSPS) is 13.8. The maximum atomic E-state index is 14.1. The summed E-state index contributed by atoms with van der Waals surface area (Å²) in [6.45, 7) is 2.93. The molecule has 0 bridgehead atoms. The molecule has 0 aliphatic carbocycles. The SMILES string of the molecule is CC(C)[C@H](NC(=O)[C@H](Cc1c[nH]c2ccccc12)NC(=O)CN)C(=O)N[C@@H](Cc1c[nH]c2ccccc12)C(=O)N[C@@H](CC(N)=O)C(=O)N[C@@H](CCC(N)=O)C(=O)O. The quantitative estimate of drug-likeness (QED) is 0.0474. The summed E-state index contributed by atoms with van der Waals surface area (Å²) in [6, 6.07) is 7.45. The summed E-state index contributed by atoms with van der Waals surface area (Å²) in [4.78, 5) is 109. The van der Waals surface area contributed by atoms with Crippen molar-refractivity contribution in [2.24, 2.45) is 23.1 Å². The zero-order valence-electron chi connectivity index (χ0n) is 31.4. The maximum absolute atomic E-state index is 14.1. The lowest BCUT2D eigenvalue weighted by atomic mass is 9.99. The third-order valence-corrected chi connectivity index (χ3v) is 9.25. The second-order valence-corrected chi connectivity index (χ2v) is 13.9. The van der Waals surface area contributed by atoms with Crippen molar-refractivity contribution in [1.82, 2.24) is 36.6 Å². The Morgan fingerprint density at radius 2 is 1.11 bits per heavy atom. The average Bonchev–Trinajstić information content (AvgIpc) is 3.77. The third kappa shape index (κ3) is 11.9. The van der Waals surface area contributed by atoms with Gasteiger partial charge in [0.1, 0.15) is 30.2 Å². The Hall–Kier alpha value is -6.76. The number of amides is 7. The van der Waals surface area contributed by atoms with Crippen molar-refractivity contribution in [1.29, 1.82) is 0 Å². The van der Waals surface area contributed by atoms with Crippen LogP contribution in [0.15, 0.2) is 60.9 Å². The molecular weight excluding hydrogens is 740 g/mol. The van der Waals surface area contributed by atoms with E-state index in [1.165, 1.54) is 0 Å². The monoisotopic (exact) mass is 788 g/mol.